The molecule has 106 valence electrons. The fourth-order valence-electron chi connectivity index (χ4n) is 1.91. The standard InChI is InChI=1S/C15H24N2O2/c1-2-19-14-6-3-5-13(15(14)16)17-9-4-10-18-11-12-7-8-12/h3,5-6,12,17H,2,4,7-11,16H2,1H3. The molecule has 0 aromatic heterocycles. The van der Waals surface area contributed by atoms with Crippen molar-refractivity contribution in [3.63, 3.8) is 0 Å². The predicted octanol–water partition coefficient (Wildman–Crippen LogP) is 2.90. The van der Waals surface area contributed by atoms with E-state index in [0.717, 1.165) is 43.5 Å². The van der Waals surface area contributed by atoms with Gasteiger partial charge in [-0.25, -0.2) is 0 Å². The zero-order valence-corrected chi connectivity index (χ0v) is 11.7. The quantitative estimate of drug-likeness (QED) is 0.532. The van der Waals surface area contributed by atoms with Crippen molar-refractivity contribution < 1.29 is 9.47 Å². The zero-order chi connectivity index (χ0) is 13.5. The number of anilines is 2. The first-order chi connectivity index (χ1) is 9.31. The van der Waals surface area contributed by atoms with E-state index in [2.05, 4.69) is 5.32 Å². The molecule has 1 saturated carbocycles. The molecule has 19 heavy (non-hydrogen) atoms. The Morgan fingerprint density at radius 2 is 2.21 bits per heavy atom. The van der Waals surface area contributed by atoms with Crippen molar-refractivity contribution in [3.8, 4) is 5.75 Å². The molecule has 0 spiro atoms. The molecule has 4 nitrogen and oxygen atoms in total. The molecule has 4 heteroatoms. The maximum Gasteiger partial charge on any atom is 0.144 e. The van der Waals surface area contributed by atoms with Crippen molar-refractivity contribution in [1.29, 1.82) is 0 Å². The van der Waals surface area contributed by atoms with Gasteiger partial charge in [-0.1, -0.05) is 6.07 Å². The van der Waals surface area contributed by atoms with E-state index in [4.69, 9.17) is 15.2 Å². The van der Waals surface area contributed by atoms with E-state index < -0.39 is 0 Å². The Kier molecular flexibility index (Phi) is 5.33. The van der Waals surface area contributed by atoms with Crippen LogP contribution in [0.5, 0.6) is 5.75 Å². The van der Waals surface area contributed by atoms with Crippen LogP contribution in [-0.4, -0.2) is 26.4 Å². The minimum absolute atomic E-state index is 0.628. The third kappa shape index (κ3) is 4.63. The summed E-state index contributed by atoms with van der Waals surface area (Å²) in [4.78, 5) is 0. The third-order valence-electron chi connectivity index (χ3n) is 3.20. The van der Waals surface area contributed by atoms with Crippen LogP contribution in [0.2, 0.25) is 0 Å². The van der Waals surface area contributed by atoms with Gasteiger partial charge in [0.25, 0.3) is 0 Å². The minimum Gasteiger partial charge on any atom is -0.492 e. The predicted molar refractivity (Wildman–Crippen MR) is 78.7 cm³/mol. The highest BCUT2D eigenvalue weighted by molar-refractivity contribution is 5.72. The minimum atomic E-state index is 0.628. The van der Waals surface area contributed by atoms with Crippen LogP contribution >= 0.6 is 0 Å². The molecule has 3 N–H and O–H groups in total. The normalized spacial score (nSPS) is 14.4. The maximum atomic E-state index is 6.04. The Morgan fingerprint density at radius 3 is 2.95 bits per heavy atom. The number of hydrogen-bond acceptors (Lipinski definition) is 4. The lowest BCUT2D eigenvalue weighted by Gasteiger charge is -2.13. The first-order valence-electron chi connectivity index (χ1n) is 7.14. The van der Waals surface area contributed by atoms with Gasteiger partial charge in [0.2, 0.25) is 0 Å². The SMILES string of the molecule is CCOc1cccc(NCCCOCC2CC2)c1N. The Labute approximate surface area is 115 Å². The summed E-state index contributed by atoms with van der Waals surface area (Å²) < 4.78 is 11.1. The molecule has 0 heterocycles. The lowest BCUT2D eigenvalue weighted by Crippen LogP contribution is -2.09. The number of nitrogens with two attached hydrogens (primary N) is 1. The van der Waals surface area contributed by atoms with Gasteiger partial charge in [0.15, 0.2) is 0 Å². The number of nitrogens with one attached hydrogen (secondary N) is 1. The van der Waals surface area contributed by atoms with Crippen molar-refractivity contribution in [3.05, 3.63) is 18.2 Å². The molecule has 0 aliphatic heterocycles. The molecule has 0 bridgehead atoms. The molecular weight excluding hydrogens is 240 g/mol. The zero-order valence-electron chi connectivity index (χ0n) is 11.7. The largest absolute Gasteiger partial charge is 0.492 e. The van der Waals surface area contributed by atoms with Crippen molar-refractivity contribution in [2.24, 2.45) is 5.92 Å². The summed E-state index contributed by atoms with van der Waals surface area (Å²) in [6.07, 6.45) is 3.68. The van der Waals surface area contributed by atoms with Gasteiger partial charge in [-0.05, 0) is 44.2 Å². The van der Waals surface area contributed by atoms with Gasteiger partial charge < -0.3 is 20.5 Å². The van der Waals surface area contributed by atoms with Crippen LogP contribution in [0, 0.1) is 5.92 Å². The van der Waals surface area contributed by atoms with Crippen molar-refractivity contribution in [2.45, 2.75) is 26.2 Å². The number of benzene rings is 1. The Bertz CT molecular complexity index is 392. The van der Waals surface area contributed by atoms with Crippen LogP contribution < -0.4 is 15.8 Å². The summed E-state index contributed by atoms with van der Waals surface area (Å²) in [5, 5.41) is 3.33. The highest BCUT2D eigenvalue weighted by Crippen LogP contribution is 2.29. The molecule has 1 aliphatic carbocycles. The first kappa shape index (κ1) is 14.0. The fourth-order valence-corrected chi connectivity index (χ4v) is 1.91. The molecule has 0 unspecified atom stereocenters. The molecule has 1 aliphatic rings. The van der Waals surface area contributed by atoms with Crippen molar-refractivity contribution in [1.82, 2.24) is 0 Å². The lowest BCUT2D eigenvalue weighted by molar-refractivity contribution is 0.124. The lowest BCUT2D eigenvalue weighted by atomic mass is 10.2. The molecule has 0 radical (unpaired) electrons. The van der Waals surface area contributed by atoms with Gasteiger partial charge in [0, 0.05) is 19.8 Å². The molecule has 0 amide bonds. The summed E-state index contributed by atoms with van der Waals surface area (Å²) in [7, 11) is 0. The second kappa shape index (κ2) is 7.24. The number of para-hydroxylation sites is 1. The van der Waals surface area contributed by atoms with Crippen LogP contribution in [0.3, 0.4) is 0 Å². The molecule has 2 rings (SSSR count). The van der Waals surface area contributed by atoms with E-state index >= 15 is 0 Å². The molecular formula is C15H24N2O2. The third-order valence-corrected chi connectivity index (χ3v) is 3.20. The van der Waals surface area contributed by atoms with Gasteiger partial charge in [-0.15, -0.1) is 0 Å². The van der Waals surface area contributed by atoms with E-state index in [1.54, 1.807) is 0 Å². The Morgan fingerprint density at radius 1 is 1.37 bits per heavy atom. The second-order valence-electron chi connectivity index (χ2n) is 4.95. The average Bonchev–Trinajstić information content (AvgIpc) is 3.22. The Balaban J connectivity index is 1.67. The number of ether oxygens (including phenoxy) is 2. The molecule has 1 fully saturated rings. The van der Waals surface area contributed by atoms with Crippen molar-refractivity contribution in [2.75, 3.05) is 37.4 Å². The fraction of sp³-hybridized carbons (Fsp3) is 0.600. The van der Waals surface area contributed by atoms with Gasteiger partial charge in [-0.2, -0.15) is 0 Å². The van der Waals surface area contributed by atoms with E-state index in [1.165, 1.54) is 12.8 Å². The smallest absolute Gasteiger partial charge is 0.144 e. The molecule has 1 aromatic rings. The van der Waals surface area contributed by atoms with Gasteiger partial charge >= 0.3 is 0 Å². The number of rotatable bonds is 9. The van der Waals surface area contributed by atoms with Crippen molar-refractivity contribution >= 4 is 11.4 Å². The second-order valence-corrected chi connectivity index (χ2v) is 4.95. The summed E-state index contributed by atoms with van der Waals surface area (Å²) in [6, 6.07) is 5.82. The van der Waals surface area contributed by atoms with Gasteiger partial charge in [0.1, 0.15) is 5.75 Å². The van der Waals surface area contributed by atoms with Gasteiger partial charge in [-0.3, -0.25) is 0 Å². The van der Waals surface area contributed by atoms with Crippen LogP contribution in [0.4, 0.5) is 11.4 Å². The topological polar surface area (TPSA) is 56.5 Å². The summed E-state index contributed by atoms with van der Waals surface area (Å²) in [5.41, 5.74) is 7.66. The first-order valence-corrected chi connectivity index (χ1v) is 7.14. The molecule has 0 saturated heterocycles. The molecule has 1 aromatic carbocycles. The Hall–Kier alpha value is -1.42. The maximum absolute atomic E-state index is 6.04. The average molecular weight is 264 g/mol. The van der Waals surface area contributed by atoms with E-state index in [-0.39, 0.29) is 0 Å². The highest BCUT2D eigenvalue weighted by Gasteiger charge is 2.20. The monoisotopic (exact) mass is 264 g/mol. The number of hydrogen-bond donors (Lipinski definition) is 2. The van der Waals surface area contributed by atoms with Crippen LogP contribution in [0.25, 0.3) is 0 Å². The van der Waals surface area contributed by atoms with Crippen LogP contribution in [0.1, 0.15) is 26.2 Å². The highest BCUT2D eigenvalue weighted by atomic mass is 16.5. The van der Waals surface area contributed by atoms with Gasteiger partial charge in [0.05, 0.1) is 18.0 Å². The van der Waals surface area contributed by atoms with E-state index in [9.17, 15) is 0 Å². The van der Waals surface area contributed by atoms with E-state index in [1.807, 2.05) is 25.1 Å². The number of nitrogen functional groups attached to an aromatic ring is 1. The van der Waals surface area contributed by atoms with Crippen LogP contribution in [-0.2, 0) is 4.74 Å². The summed E-state index contributed by atoms with van der Waals surface area (Å²) in [6.45, 7) is 5.19. The molecule has 0 atom stereocenters. The summed E-state index contributed by atoms with van der Waals surface area (Å²) in [5.74, 6) is 1.59. The van der Waals surface area contributed by atoms with E-state index in [0.29, 0.717) is 12.3 Å². The van der Waals surface area contributed by atoms with Crippen LogP contribution in [0.15, 0.2) is 18.2 Å². The summed E-state index contributed by atoms with van der Waals surface area (Å²) >= 11 is 0.